The van der Waals surface area contributed by atoms with Gasteiger partial charge in [-0.05, 0) is 48.4 Å². The molecule has 0 heterocycles. The average Bonchev–Trinajstić information content (AvgIpc) is 2.81. The van der Waals surface area contributed by atoms with Crippen LogP contribution in [-0.2, 0) is 0 Å². The van der Waals surface area contributed by atoms with Crippen LogP contribution < -0.4 is 4.74 Å². The minimum Gasteiger partial charge on any atom is -0.497 e. The summed E-state index contributed by atoms with van der Waals surface area (Å²) in [6.45, 7) is 4.43. The summed E-state index contributed by atoms with van der Waals surface area (Å²) in [5.41, 5.74) is 2.75. The van der Waals surface area contributed by atoms with Gasteiger partial charge in [0, 0.05) is 0 Å². The molecule has 1 aromatic carbocycles. The van der Waals surface area contributed by atoms with Crippen molar-refractivity contribution in [2.24, 2.45) is 5.92 Å². The molecule has 1 heteroatoms. The largest absolute Gasteiger partial charge is 0.497 e. The summed E-state index contributed by atoms with van der Waals surface area (Å²) in [6.07, 6.45) is 1.34. The highest BCUT2D eigenvalue weighted by molar-refractivity contribution is 5.37. The van der Waals surface area contributed by atoms with Gasteiger partial charge in [-0.15, -0.1) is 0 Å². The van der Waals surface area contributed by atoms with E-state index < -0.39 is 0 Å². The molecule has 1 aliphatic rings. The molecule has 1 aromatic rings. The second-order valence-electron chi connectivity index (χ2n) is 4.10. The molecule has 1 fully saturated rings. The van der Waals surface area contributed by atoms with E-state index in [4.69, 9.17) is 4.74 Å². The first-order valence-electron chi connectivity index (χ1n) is 4.86. The van der Waals surface area contributed by atoms with Gasteiger partial charge in [-0.3, -0.25) is 0 Å². The van der Waals surface area contributed by atoms with Gasteiger partial charge in [0.25, 0.3) is 0 Å². The molecule has 0 N–H and O–H groups in total. The van der Waals surface area contributed by atoms with Crippen LogP contribution in [0.5, 0.6) is 5.75 Å². The van der Waals surface area contributed by atoms with E-state index in [1.165, 1.54) is 17.5 Å². The van der Waals surface area contributed by atoms with Gasteiger partial charge < -0.3 is 4.74 Å². The molecule has 0 amide bonds. The number of rotatable bonds is 2. The zero-order valence-electron chi connectivity index (χ0n) is 8.50. The lowest BCUT2D eigenvalue weighted by Gasteiger charge is -2.05. The van der Waals surface area contributed by atoms with Gasteiger partial charge in [-0.1, -0.05) is 13.0 Å². The summed E-state index contributed by atoms with van der Waals surface area (Å²) in [5.74, 6) is 2.65. The Bertz CT molecular complexity index is 317. The second-order valence-corrected chi connectivity index (χ2v) is 4.10. The predicted molar refractivity (Wildman–Crippen MR) is 54.3 cm³/mol. The summed E-state index contributed by atoms with van der Waals surface area (Å²) >= 11 is 0. The molecular weight excluding hydrogens is 160 g/mol. The Hall–Kier alpha value is -0.980. The zero-order valence-corrected chi connectivity index (χ0v) is 8.50. The molecule has 1 nitrogen and oxygen atoms in total. The minimum atomic E-state index is 0.786. The third kappa shape index (κ3) is 1.69. The molecule has 2 rings (SSSR count). The summed E-state index contributed by atoms with van der Waals surface area (Å²) in [4.78, 5) is 0. The number of hydrogen-bond acceptors (Lipinski definition) is 1. The van der Waals surface area contributed by atoms with Crippen LogP contribution in [0.15, 0.2) is 18.2 Å². The molecule has 2 atom stereocenters. The molecule has 0 spiro atoms. The molecule has 13 heavy (non-hydrogen) atoms. The molecule has 0 bridgehead atoms. The van der Waals surface area contributed by atoms with E-state index in [1.54, 1.807) is 7.11 Å². The van der Waals surface area contributed by atoms with Crippen molar-refractivity contribution in [3.8, 4) is 5.75 Å². The fourth-order valence-electron chi connectivity index (χ4n) is 1.90. The Morgan fingerprint density at radius 3 is 2.54 bits per heavy atom. The van der Waals surface area contributed by atoms with Gasteiger partial charge in [0.1, 0.15) is 5.75 Å². The molecule has 0 aliphatic heterocycles. The summed E-state index contributed by atoms with van der Waals surface area (Å²) in [7, 11) is 1.73. The van der Waals surface area contributed by atoms with Crippen LogP contribution in [0, 0.1) is 12.8 Å². The van der Waals surface area contributed by atoms with E-state index in [9.17, 15) is 0 Å². The highest BCUT2D eigenvalue weighted by Gasteiger charge is 2.34. The Balaban J connectivity index is 2.30. The van der Waals surface area contributed by atoms with Crippen LogP contribution in [-0.4, -0.2) is 7.11 Å². The van der Waals surface area contributed by atoms with E-state index in [0.29, 0.717) is 0 Å². The van der Waals surface area contributed by atoms with Crippen LogP contribution in [0.1, 0.15) is 30.4 Å². The topological polar surface area (TPSA) is 9.23 Å². The Morgan fingerprint density at radius 2 is 2.00 bits per heavy atom. The van der Waals surface area contributed by atoms with Crippen molar-refractivity contribution in [3.63, 3.8) is 0 Å². The van der Waals surface area contributed by atoms with Crippen LogP contribution in [0.25, 0.3) is 0 Å². The maximum atomic E-state index is 5.25. The third-order valence-electron chi connectivity index (χ3n) is 2.85. The number of methoxy groups -OCH3 is 1. The lowest BCUT2D eigenvalue weighted by molar-refractivity contribution is 0.414. The minimum absolute atomic E-state index is 0.786. The van der Waals surface area contributed by atoms with Crippen molar-refractivity contribution >= 4 is 0 Å². The fourth-order valence-corrected chi connectivity index (χ4v) is 1.90. The zero-order chi connectivity index (χ0) is 9.42. The van der Waals surface area contributed by atoms with Crippen molar-refractivity contribution in [1.29, 1.82) is 0 Å². The lowest BCUT2D eigenvalue weighted by atomic mass is 10.1. The Labute approximate surface area is 79.7 Å². The van der Waals surface area contributed by atoms with Gasteiger partial charge in [-0.2, -0.15) is 0 Å². The van der Waals surface area contributed by atoms with Gasteiger partial charge in [0.2, 0.25) is 0 Å². The summed E-state index contributed by atoms with van der Waals surface area (Å²) in [6, 6.07) is 6.52. The van der Waals surface area contributed by atoms with Gasteiger partial charge in [-0.25, -0.2) is 0 Å². The van der Waals surface area contributed by atoms with E-state index in [-0.39, 0.29) is 0 Å². The quantitative estimate of drug-likeness (QED) is 0.672. The highest BCUT2D eigenvalue weighted by atomic mass is 16.5. The molecular formula is C12H16O. The predicted octanol–water partition coefficient (Wildman–Crippen LogP) is 3.13. The van der Waals surface area contributed by atoms with Crippen LogP contribution in [0.2, 0.25) is 0 Å². The lowest BCUT2D eigenvalue weighted by Crippen LogP contribution is -1.88. The van der Waals surface area contributed by atoms with E-state index >= 15 is 0 Å². The first-order chi connectivity index (χ1) is 6.20. The molecule has 1 unspecified atom stereocenters. The van der Waals surface area contributed by atoms with Gasteiger partial charge in [0.05, 0.1) is 7.11 Å². The van der Waals surface area contributed by atoms with Crippen molar-refractivity contribution in [2.45, 2.75) is 26.2 Å². The van der Waals surface area contributed by atoms with E-state index in [0.717, 1.165) is 17.6 Å². The van der Waals surface area contributed by atoms with E-state index in [2.05, 4.69) is 32.0 Å². The molecule has 0 radical (unpaired) electrons. The van der Waals surface area contributed by atoms with Crippen LogP contribution >= 0.6 is 0 Å². The van der Waals surface area contributed by atoms with Crippen molar-refractivity contribution in [2.75, 3.05) is 7.11 Å². The number of hydrogen-bond donors (Lipinski definition) is 0. The summed E-state index contributed by atoms with van der Waals surface area (Å²) < 4.78 is 5.25. The maximum Gasteiger partial charge on any atom is 0.119 e. The SMILES string of the molecule is COc1cc(C)cc(C2C[C@H]2C)c1. The molecule has 1 aliphatic carbocycles. The Morgan fingerprint density at radius 1 is 1.31 bits per heavy atom. The highest BCUT2D eigenvalue weighted by Crippen LogP contribution is 2.47. The van der Waals surface area contributed by atoms with Crippen molar-refractivity contribution < 1.29 is 4.74 Å². The standard InChI is InChI=1S/C12H16O/c1-8-4-10(12-6-9(12)2)7-11(5-8)13-3/h4-5,7,9,12H,6H2,1-3H3/t9-,12?/m1/s1. The van der Waals surface area contributed by atoms with Crippen molar-refractivity contribution in [1.82, 2.24) is 0 Å². The first-order valence-corrected chi connectivity index (χ1v) is 4.86. The van der Waals surface area contributed by atoms with Gasteiger partial charge in [0.15, 0.2) is 0 Å². The summed E-state index contributed by atoms with van der Waals surface area (Å²) in [5, 5.41) is 0. The second kappa shape index (κ2) is 3.06. The Kier molecular flexibility index (Phi) is 2.03. The maximum absolute atomic E-state index is 5.25. The monoisotopic (exact) mass is 176 g/mol. The molecule has 70 valence electrons. The van der Waals surface area contributed by atoms with Crippen LogP contribution in [0.4, 0.5) is 0 Å². The normalized spacial score (nSPS) is 25.8. The smallest absolute Gasteiger partial charge is 0.119 e. The van der Waals surface area contributed by atoms with Crippen molar-refractivity contribution in [3.05, 3.63) is 29.3 Å². The third-order valence-corrected chi connectivity index (χ3v) is 2.85. The molecule has 1 saturated carbocycles. The molecule has 0 saturated heterocycles. The first kappa shape index (κ1) is 8.61. The molecule has 0 aromatic heterocycles. The van der Waals surface area contributed by atoms with Gasteiger partial charge >= 0.3 is 0 Å². The van der Waals surface area contributed by atoms with Crippen LogP contribution in [0.3, 0.4) is 0 Å². The van der Waals surface area contributed by atoms with E-state index in [1.807, 2.05) is 0 Å². The number of ether oxygens (including phenoxy) is 1. The number of aryl methyl sites for hydroxylation is 1. The fraction of sp³-hybridized carbons (Fsp3) is 0.500. The number of benzene rings is 1. The average molecular weight is 176 g/mol.